The van der Waals surface area contributed by atoms with E-state index in [1.54, 1.807) is 23.4 Å². The molecule has 2 amide bonds. The van der Waals surface area contributed by atoms with Gasteiger partial charge in [-0.25, -0.2) is 4.98 Å². The standard InChI is InChI=1S/C28H27ClN8O3.C4F6O2/c29-22-16-31-28-34-21-11-18(14-30-15-21)1-2-19-13-20(33-26(22)36-28)3-4-23(19)35-25(38)12-17-6-9-37(10-7-17)27(39)24-5-8-32-40-24;5-3(6,7)1(11)2(12)4(8,9)10/h3-5,8,11,13-17H,1-2,6-7,9-10,12H2,(H,35,38)(H2,31,33,34,36);. The first-order valence-electron chi connectivity index (χ1n) is 15.4. The topological polar surface area (TPSA) is 172 Å². The average molecular weight is 753 g/mol. The molecule has 5 heterocycles. The monoisotopic (exact) mass is 752 g/mol. The minimum atomic E-state index is -5.77. The summed E-state index contributed by atoms with van der Waals surface area (Å²) in [5, 5.41) is 13.6. The van der Waals surface area contributed by atoms with Crippen molar-refractivity contribution in [2.75, 3.05) is 29.0 Å². The Bertz CT molecular complexity index is 1930. The number of anilines is 5. The summed E-state index contributed by atoms with van der Waals surface area (Å²) < 4.78 is 71.9. The lowest BCUT2D eigenvalue weighted by Crippen LogP contribution is -2.39. The van der Waals surface area contributed by atoms with Crippen LogP contribution < -0.4 is 16.0 Å². The number of fused-ring (bicyclic) bond motifs is 6. The molecule has 1 saturated heterocycles. The van der Waals surface area contributed by atoms with Gasteiger partial charge < -0.3 is 25.4 Å². The number of ketones is 2. The van der Waals surface area contributed by atoms with Gasteiger partial charge in [-0.1, -0.05) is 16.8 Å². The number of aryl methyl sites for hydroxylation is 2. The van der Waals surface area contributed by atoms with Crippen LogP contribution in [-0.2, 0) is 27.2 Å². The zero-order valence-corrected chi connectivity index (χ0v) is 27.4. The number of amides is 2. The predicted octanol–water partition coefficient (Wildman–Crippen LogP) is 6.23. The molecule has 3 aromatic heterocycles. The van der Waals surface area contributed by atoms with E-state index in [0.717, 1.165) is 47.5 Å². The normalized spacial score (nSPS) is 14.6. The van der Waals surface area contributed by atoms with Crippen LogP contribution in [0.1, 0.15) is 40.9 Å². The fourth-order valence-corrected chi connectivity index (χ4v) is 5.43. The molecule has 13 nitrogen and oxygen atoms in total. The second kappa shape index (κ2) is 15.7. The van der Waals surface area contributed by atoms with Crippen molar-refractivity contribution in [2.45, 2.75) is 44.5 Å². The molecule has 4 aromatic rings. The molecule has 20 heteroatoms. The molecule has 0 saturated carbocycles. The number of nitrogens with one attached hydrogen (secondary N) is 3. The molecule has 2 aliphatic rings. The van der Waals surface area contributed by atoms with Crippen molar-refractivity contribution in [1.82, 2.24) is 25.0 Å². The van der Waals surface area contributed by atoms with Gasteiger partial charge in [-0.2, -0.15) is 31.3 Å². The molecule has 0 unspecified atom stereocenters. The molecule has 0 aliphatic carbocycles. The van der Waals surface area contributed by atoms with Crippen LogP contribution in [-0.4, -0.2) is 73.8 Å². The van der Waals surface area contributed by atoms with Crippen LogP contribution in [0.2, 0.25) is 5.02 Å². The van der Waals surface area contributed by atoms with Crippen molar-refractivity contribution in [1.29, 1.82) is 0 Å². The van der Waals surface area contributed by atoms with Gasteiger partial charge in [0.15, 0.2) is 5.82 Å². The van der Waals surface area contributed by atoms with Gasteiger partial charge in [-0.05, 0) is 67.0 Å². The Labute approximate surface area is 295 Å². The number of carbonyl (C=O) groups is 4. The lowest BCUT2D eigenvalue weighted by molar-refractivity contribution is -0.193. The summed E-state index contributed by atoms with van der Waals surface area (Å²) in [6.07, 6.45) is -1.68. The molecule has 0 radical (unpaired) electrons. The minimum Gasteiger partial charge on any atom is -0.351 e. The minimum absolute atomic E-state index is 0.0452. The van der Waals surface area contributed by atoms with Gasteiger partial charge in [-0.3, -0.25) is 24.2 Å². The van der Waals surface area contributed by atoms with Crippen LogP contribution in [0.3, 0.4) is 0 Å². The Morgan fingerprint density at radius 2 is 1.62 bits per heavy atom. The third-order valence-electron chi connectivity index (χ3n) is 7.87. The largest absolute Gasteiger partial charge is 0.458 e. The quantitative estimate of drug-likeness (QED) is 0.156. The van der Waals surface area contributed by atoms with E-state index in [4.69, 9.17) is 16.1 Å². The van der Waals surface area contributed by atoms with E-state index in [9.17, 15) is 45.5 Å². The van der Waals surface area contributed by atoms with E-state index in [1.807, 2.05) is 30.5 Å². The van der Waals surface area contributed by atoms with Gasteiger partial charge in [0.1, 0.15) is 5.02 Å². The molecule has 1 fully saturated rings. The van der Waals surface area contributed by atoms with Gasteiger partial charge in [0, 0.05) is 43.1 Å². The zero-order chi connectivity index (χ0) is 37.6. The maximum absolute atomic E-state index is 13.1. The maximum Gasteiger partial charge on any atom is 0.458 e. The Morgan fingerprint density at radius 3 is 2.27 bits per heavy atom. The Morgan fingerprint density at radius 1 is 0.904 bits per heavy atom. The number of pyridine rings is 1. The van der Waals surface area contributed by atoms with Crippen LogP contribution >= 0.6 is 11.6 Å². The lowest BCUT2D eigenvalue weighted by atomic mass is 9.93. The number of carbonyl (C=O) groups excluding carboxylic acids is 4. The second-order valence-electron chi connectivity index (χ2n) is 11.6. The first-order valence-corrected chi connectivity index (χ1v) is 15.8. The number of rotatable bonds is 5. The summed E-state index contributed by atoms with van der Waals surface area (Å²) in [4.78, 5) is 59.7. The number of Topliss-reactive ketones (excluding diaryl/α,β-unsaturated/α-hetero) is 2. The van der Waals surface area contributed by atoms with Crippen LogP contribution in [0.15, 0.2) is 59.6 Å². The van der Waals surface area contributed by atoms with E-state index < -0.39 is 23.9 Å². The number of aromatic nitrogens is 4. The van der Waals surface area contributed by atoms with Crippen molar-refractivity contribution in [2.24, 2.45) is 5.92 Å². The van der Waals surface area contributed by atoms with Crippen molar-refractivity contribution in [3.8, 4) is 0 Å². The zero-order valence-electron chi connectivity index (χ0n) is 26.6. The first kappa shape index (κ1) is 37.7. The predicted molar refractivity (Wildman–Crippen MR) is 172 cm³/mol. The number of halogens is 7. The van der Waals surface area contributed by atoms with Crippen molar-refractivity contribution < 1.29 is 50.0 Å². The number of hydrogen-bond donors (Lipinski definition) is 3. The number of nitrogens with zero attached hydrogens (tertiary/aromatic N) is 5. The molecule has 1 aromatic carbocycles. The molecule has 2 aliphatic heterocycles. The van der Waals surface area contributed by atoms with E-state index in [0.29, 0.717) is 42.7 Å². The van der Waals surface area contributed by atoms with Gasteiger partial charge in [0.05, 0.1) is 24.3 Å². The highest BCUT2D eigenvalue weighted by Crippen LogP contribution is 2.30. The fraction of sp³-hybridized carbons (Fsp3) is 0.312. The van der Waals surface area contributed by atoms with Gasteiger partial charge in [0.25, 0.3) is 5.91 Å². The summed E-state index contributed by atoms with van der Waals surface area (Å²) in [6, 6.07) is 9.37. The SMILES string of the molecule is O=C(C(=O)C(F)(F)F)C(F)(F)F.O=C(CC1CCN(C(=O)c2ccno2)CC1)Nc1ccc2cc1CCc1cncc(c1)Nc1ncc(Cl)c(n1)N2. The summed E-state index contributed by atoms with van der Waals surface area (Å²) in [7, 11) is 0. The van der Waals surface area contributed by atoms with Crippen LogP contribution in [0.5, 0.6) is 0 Å². The Hall–Kier alpha value is -5.59. The number of alkyl halides is 6. The number of likely N-dealkylation sites (tertiary alicyclic amines) is 1. The third kappa shape index (κ3) is 9.80. The van der Waals surface area contributed by atoms with Crippen molar-refractivity contribution in [3.05, 3.63) is 77.0 Å². The first-order chi connectivity index (χ1) is 24.6. The molecule has 6 rings (SSSR count). The van der Waals surface area contributed by atoms with Crippen LogP contribution in [0, 0.1) is 5.92 Å². The third-order valence-corrected chi connectivity index (χ3v) is 8.14. The number of hydrogen-bond acceptors (Lipinski definition) is 11. The van der Waals surface area contributed by atoms with E-state index >= 15 is 0 Å². The van der Waals surface area contributed by atoms with E-state index in [2.05, 4.69) is 36.1 Å². The molecule has 52 heavy (non-hydrogen) atoms. The summed E-state index contributed by atoms with van der Waals surface area (Å²) in [6.45, 7) is 1.16. The molecule has 0 spiro atoms. The van der Waals surface area contributed by atoms with Crippen LogP contribution in [0.4, 0.5) is 55.2 Å². The van der Waals surface area contributed by atoms with E-state index in [-0.39, 0.29) is 23.5 Å². The fourth-order valence-electron chi connectivity index (χ4n) is 5.30. The molecule has 0 atom stereocenters. The van der Waals surface area contributed by atoms with Gasteiger partial charge in [0.2, 0.25) is 17.6 Å². The molecular formula is C32H27ClF6N8O5. The Kier molecular flexibility index (Phi) is 11.4. The molecular weight excluding hydrogens is 726 g/mol. The van der Waals surface area contributed by atoms with Crippen molar-refractivity contribution in [3.63, 3.8) is 0 Å². The summed E-state index contributed by atoms with van der Waals surface area (Å²) in [5.41, 5.74) is 4.36. The molecule has 3 N–H and O–H groups in total. The summed E-state index contributed by atoms with van der Waals surface area (Å²) in [5.74, 6) is -5.71. The Balaban J connectivity index is 0.000000376. The van der Waals surface area contributed by atoms with E-state index in [1.165, 1.54) is 6.20 Å². The van der Waals surface area contributed by atoms with Gasteiger partial charge in [-0.15, -0.1) is 0 Å². The summed E-state index contributed by atoms with van der Waals surface area (Å²) >= 11 is 6.36. The smallest absolute Gasteiger partial charge is 0.351 e. The average Bonchev–Trinajstić information content (AvgIpc) is 3.64. The number of benzene rings is 1. The van der Waals surface area contributed by atoms with Crippen LogP contribution in [0.25, 0.3) is 0 Å². The molecule has 274 valence electrons. The maximum atomic E-state index is 13.1. The lowest BCUT2D eigenvalue weighted by Gasteiger charge is -2.31. The van der Waals surface area contributed by atoms with Crippen molar-refractivity contribution >= 4 is 63.8 Å². The highest BCUT2D eigenvalue weighted by atomic mass is 35.5. The molecule has 6 bridgehead atoms. The second-order valence-corrected chi connectivity index (χ2v) is 12.0. The number of piperidine rings is 1. The highest BCUT2D eigenvalue weighted by molar-refractivity contribution is 6.41. The highest BCUT2D eigenvalue weighted by Gasteiger charge is 2.54. The van der Waals surface area contributed by atoms with Gasteiger partial charge >= 0.3 is 23.9 Å².